The molecule has 1 aromatic rings. The Balaban J connectivity index is 2.27. The summed E-state index contributed by atoms with van der Waals surface area (Å²) in [5.41, 5.74) is 0.830. The Morgan fingerprint density at radius 2 is 2.15 bits per heavy atom. The van der Waals surface area contributed by atoms with E-state index in [0.717, 1.165) is 18.5 Å². The van der Waals surface area contributed by atoms with Crippen LogP contribution in [0.2, 0.25) is 0 Å². The van der Waals surface area contributed by atoms with Crippen LogP contribution in [0.15, 0.2) is 24.4 Å². The van der Waals surface area contributed by atoms with Crippen LogP contribution in [0.3, 0.4) is 0 Å². The van der Waals surface area contributed by atoms with E-state index in [1.807, 2.05) is 18.2 Å². The average Bonchev–Trinajstić information content (AvgIpc) is 2.43. The van der Waals surface area contributed by atoms with Gasteiger partial charge in [-0.25, -0.2) is 4.79 Å². The molecule has 2 amide bonds. The summed E-state index contributed by atoms with van der Waals surface area (Å²) in [7, 11) is 0. The van der Waals surface area contributed by atoms with E-state index < -0.39 is 0 Å². The molecule has 0 aliphatic carbocycles. The zero-order valence-electron chi connectivity index (χ0n) is 12.3. The summed E-state index contributed by atoms with van der Waals surface area (Å²) in [6.45, 7) is 5.46. The maximum atomic E-state index is 11.7. The minimum Gasteiger partial charge on any atom is -0.396 e. The summed E-state index contributed by atoms with van der Waals surface area (Å²) in [5, 5.41) is 14.7. The monoisotopic (exact) mass is 279 g/mol. The molecule has 5 heteroatoms. The van der Waals surface area contributed by atoms with Crippen molar-refractivity contribution in [1.29, 1.82) is 0 Å². The molecule has 3 N–H and O–H groups in total. The standard InChI is InChI=1S/C15H25N3O2/c1-12(2)9-13(6-8-19)10-17-15(20)18-11-14-5-3-4-7-16-14/h3-5,7,12-13,19H,6,8-11H2,1-2H3,(H2,17,18,20). The fourth-order valence-corrected chi connectivity index (χ4v) is 2.13. The van der Waals surface area contributed by atoms with Crippen molar-refractivity contribution in [3.63, 3.8) is 0 Å². The first-order valence-electron chi connectivity index (χ1n) is 7.14. The van der Waals surface area contributed by atoms with Gasteiger partial charge in [-0.15, -0.1) is 0 Å². The van der Waals surface area contributed by atoms with Crippen molar-refractivity contribution in [3.05, 3.63) is 30.1 Å². The number of pyridine rings is 1. The summed E-state index contributed by atoms with van der Waals surface area (Å²) < 4.78 is 0. The van der Waals surface area contributed by atoms with E-state index in [9.17, 15) is 4.79 Å². The molecule has 1 aromatic heterocycles. The van der Waals surface area contributed by atoms with Crippen molar-refractivity contribution in [3.8, 4) is 0 Å². The minimum absolute atomic E-state index is 0.161. The number of carbonyl (C=O) groups is 1. The highest BCUT2D eigenvalue weighted by Gasteiger charge is 2.12. The topological polar surface area (TPSA) is 74.2 Å². The molecule has 1 atom stereocenters. The summed E-state index contributed by atoms with van der Waals surface area (Å²) >= 11 is 0. The molecule has 0 aliphatic rings. The number of amides is 2. The van der Waals surface area contributed by atoms with Crippen molar-refractivity contribution in [2.45, 2.75) is 33.2 Å². The first kappa shape index (κ1) is 16.4. The summed E-state index contributed by atoms with van der Waals surface area (Å²) in [6.07, 6.45) is 3.43. The van der Waals surface area contributed by atoms with Crippen LogP contribution in [0.1, 0.15) is 32.4 Å². The van der Waals surface area contributed by atoms with Crippen LogP contribution in [-0.4, -0.2) is 29.3 Å². The van der Waals surface area contributed by atoms with Gasteiger partial charge in [-0.1, -0.05) is 19.9 Å². The number of hydrogen-bond donors (Lipinski definition) is 3. The SMILES string of the molecule is CC(C)CC(CCO)CNC(=O)NCc1ccccn1. The molecule has 1 unspecified atom stereocenters. The predicted molar refractivity (Wildman–Crippen MR) is 79.1 cm³/mol. The molecular formula is C15H25N3O2. The summed E-state index contributed by atoms with van der Waals surface area (Å²) in [4.78, 5) is 15.8. The minimum atomic E-state index is -0.192. The van der Waals surface area contributed by atoms with Crippen LogP contribution in [0.4, 0.5) is 4.79 Å². The van der Waals surface area contributed by atoms with E-state index in [1.165, 1.54) is 0 Å². The highest BCUT2D eigenvalue weighted by Crippen LogP contribution is 2.14. The van der Waals surface area contributed by atoms with Gasteiger partial charge < -0.3 is 15.7 Å². The normalized spacial score (nSPS) is 12.2. The molecule has 0 saturated carbocycles. The molecule has 0 fully saturated rings. The predicted octanol–water partition coefficient (Wildman–Crippen LogP) is 1.93. The van der Waals surface area contributed by atoms with Crippen molar-refractivity contribution < 1.29 is 9.90 Å². The molecule has 0 aliphatic heterocycles. The lowest BCUT2D eigenvalue weighted by atomic mass is 9.94. The third-order valence-corrected chi connectivity index (χ3v) is 3.05. The van der Waals surface area contributed by atoms with Gasteiger partial charge in [-0.3, -0.25) is 4.98 Å². The molecule has 5 nitrogen and oxygen atoms in total. The number of aliphatic hydroxyl groups excluding tert-OH is 1. The van der Waals surface area contributed by atoms with Crippen LogP contribution < -0.4 is 10.6 Å². The van der Waals surface area contributed by atoms with E-state index in [1.54, 1.807) is 6.20 Å². The fraction of sp³-hybridized carbons (Fsp3) is 0.600. The highest BCUT2D eigenvalue weighted by atomic mass is 16.3. The van der Waals surface area contributed by atoms with Crippen molar-refractivity contribution in [2.75, 3.05) is 13.2 Å². The number of urea groups is 1. The zero-order chi connectivity index (χ0) is 14.8. The maximum absolute atomic E-state index is 11.7. The first-order valence-corrected chi connectivity index (χ1v) is 7.14. The van der Waals surface area contributed by atoms with E-state index in [-0.39, 0.29) is 12.6 Å². The number of nitrogens with one attached hydrogen (secondary N) is 2. The van der Waals surface area contributed by atoms with Gasteiger partial charge >= 0.3 is 6.03 Å². The molecule has 0 radical (unpaired) electrons. The van der Waals surface area contributed by atoms with Gasteiger partial charge in [0.25, 0.3) is 0 Å². The Morgan fingerprint density at radius 1 is 1.35 bits per heavy atom. The average molecular weight is 279 g/mol. The van der Waals surface area contributed by atoms with Gasteiger partial charge in [0.2, 0.25) is 0 Å². The lowest BCUT2D eigenvalue weighted by Gasteiger charge is -2.18. The van der Waals surface area contributed by atoms with Crippen LogP contribution in [-0.2, 0) is 6.54 Å². The summed E-state index contributed by atoms with van der Waals surface area (Å²) in [5.74, 6) is 0.880. The van der Waals surface area contributed by atoms with Gasteiger partial charge in [-0.2, -0.15) is 0 Å². The molecular weight excluding hydrogens is 254 g/mol. The van der Waals surface area contributed by atoms with Gasteiger partial charge in [0.15, 0.2) is 0 Å². The highest BCUT2D eigenvalue weighted by molar-refractivity contribution is 5.73. The number of hydrogen-bond acceptors (Lipinski definition) is 3. The lowest BCUT2D eigenvalue weighted by molar-refractivity contribution is 0.224. The quantitative estimate of drug-likeness (QED) is 0.680. The molecule has 0 bridgehead atoms. The third kappa shape index (κ3) is 7.09. The number of aliphatic hydroxyl groups is 1. The van der Waals surface area contributed by atoms with Gasteiger partial charge in [0.05, 0.1) is 12.2 Å². The molecule has 1 rings (SSSR count). The number of aromatic nitrogens is 1. The Hall–Kier alpha value is -1.62. The van der Waals surface area contributed by atoms with E-state index in [4.69, 9.17) is 5.11 Å². The molecule has 0 saturated heterocycles. The van der Waals surface area contributed by atoms with Crippen LogP contribution in [0.5, 0.6) is 0 Å². The van der Waals surface area contributed by atoms with Crippen molar-refractivity contribution in [2.24, 2.45) is 11.8 Å². The van der Waals surface area contributed by atoms with Crippen molar-refractivity contribution in [1.82, 2.24) is 15.6 Å². The number of carbonyl (C=O) groups excluding carboxylic acids is 1. The Labute approximate surface area is 120 Å². The molecule has 0 spiro atoms. The second-order valence-electron chi connectivity index (χ2n) is 5.39. The Kier molecular flexibility index (Phi) is 7.65. The van der Waals surface area contributed by atoms with Crippen molar-refractivity contribution >= 4 is 6.03 Å². The van der Waals surface area contributed by atoms with Crippen LogP contribution in [0.25, 0.3) is 0 Å². The largest absolute Gasteiger partial charge is 0.396 e. The van der Waals surface area contributed by atoms with Gasteiger partial charge in [0, 0.05) is 19.3 Å². The van der Waals surface area contributed by atoms with Crippen LogP contribution in [0, 0.1) is 11.8 Å². The van der Waals surface area contributed by atoms with Crippen LogP contribution >= 0.6 is 0 Å². The molecule has 112 valence electrons. The second kappa shape index (κ2) is 9.31. The number of rotatable bonds is 8. The third-order valence-electron chi connectivity index (χ3n) is 3.05. The first-order chi connectivity index (χ1) is 9.61. The summed E-state index contributed by atoms with van der Waals surface area (Å²) in [6, 6.07) is 5.41. The Morgan fingerprint density at radius 3 is 2.75 bits per heavy atom. The smallest absolute Gasteiger partial charge is 0.315 e. The van der Waals surface area contributed by atoms with E-state index in [0.29, 0.717) is 24.9 Å². The maximum Gasteiger partial charge on any atom is 0.315 e. The molecule has 20 heavy (non-hydrogen) atoms. The molecule has 1 heterocycles. The number of nitrogens with zero attached hydrogens (tertiary/aromatic N) is 1. The Bertz CT molecular complexity index is 382. The zero-order valence-corrected chi connectivity index (χ0v) is 12.3. The van der Waals surface area contributed by atoms with Gasteiger partial charge in [-0.05, 0) is 36.8 Å². The van der Waals surface area contributed by atoms with E-state index >= 15 is 0 Å². The van der Waals surface area contributed by atoms with E-state index in [2.05, 4.69) is 29.5 Å². The lowest BCUT2D eigenvalue weighted by Crippen LogP contribution is -2.38. The fourth-order valence-electron chi connectivity index (χ4n) is 2.13. The molecule has 0 aromatic carbocycles. The second-order valence-corrected chi connectivity index (χ2v) is 5.39. The van der Waals surface area contributed by atoms with Gasteiger partial charge in [0.1, 0.15) is 0 Å².